The fraction of sp³-hybridized carbons (Fsp3) is 0.128. The monoisotopic (exact) mass is 1040 g/mol. The number of benzene rings is 12. The van der Waals surface area contributed by atoms with Crippen molar-refractivity contribution in [3.05, 3.63) is 337 Å². The van der Waals surface area contributed by atoms with Gasteiger partial charge in [-0.15, -0.1) is 0 Å². The van der Waals surface area contributed by atoms with Crippen molar-refractivity contribution in [2.75, 3.05) is 9.80 Å². The molecule has 1 unspecified atom stereocenters. The molecule has 0 N–H and O–H groups in total. The molecule has 396 valence electrons. The van der Waals surface area contributed by atoms with Crippen LogP contribution in [-0.4, -0.2) is 0 Å². The summed E-state index contributed by atoms with van der Waals surface area (Å²) in [7, 11) is 0. The highest BCUT2D eigenvalue weighted by Gasteiger charge is 2.16. The van der Waals surface area contributed by atoms with Gasteiger partial charge in [0.2, 0.25) is 0 Å². The zero-order valence-electron chi connectivity index (χ0n) is 47.2. The van der Waals surface area contributed by atoms with Crippen molar-refractivity contribution >= 4 is 55.7 Å². The van der Waals surface area contributed by atoms with Gasteiger partial charge < -0.3 is 9.80 Å². The lowest BCUT2D eigenvalue weighted by molar-refractivity contribution is 0.679. The topological polar surface area (TPSA) is 6.48 Å². The van der Waals surface area contributed by atoms with Crippen LogP contribution in [0.3, 0.4) is 0 Å². The van der Waals surface area contributed by atoms with E-state index in [-0.39, 0.29) is 0 Å². The summed E-state index contributed by atoms with van der Waals surface area (Å²) in [6.07, 6.45) is 4.60. The Kier molecular flexibility index (Phi) is 19.7. The Morgan fingerprint density at radius 2 is 0.700 bits per heavy atom. The van der Waals surface area contributed by atoms with Crippen molar-refractivity contribution in [3.8, 4) is 11.1 Å². The molecule has 80 heavy (non-hydrogen) atoms. The average Bonchev–Trinajstić information content (AvgIpc) is 3.67. The van der Waals surface area contributed by atoms with Gasteiger partial charge in [0, 0.05) is 33.8 Å². The van der Waals surface area contributed by atoms with Crippen LogP contribution in [0.15, 0.2) is 303 Å². The molecule has 0 heterocycles. The smallest absolute Gasteiger partial charge is 0.0540 e. The lowest BCUT2D eigenvalue weighted by atomic mass is 9.94. The van der Waals surface area contributed by atoms with Gasteiger partial charge in [0.05, 0.1) is 5.69 Å². The van der Waals surface area contributed by atoms with Crippen molar-refractivity contribution in [2.24, 2.45) is 0 Å². The second-order valence-corrected chi connectivity index (χ2v) is 20.6. The van der Waals surface area contributed by atoms with Crippen LogP contribution in [0.4, 0.5) is 34.1 Å². The zero-order valence-corrected chi connectivity index (χ0v) is 47.2. The summed E-state index contributed by atoms with van der Waals surface area (Å²) in [6.45, 7) is 10.9. The highest BCUT2D eigenvalue weighted by Crippen LogP contribution is 2.40. The van der Waals surface area contributed by atoms with Gasteiger partial charge in [0.25, 0.3) is 0 Å². The maximum absolute atomic E-state index is 2.39. The SMILES string of the molecule is CCCc1cccc2ccccc12.Cc1ccc(-c2ccc(N(c3ccc(CCC(C)c4ccccc4)cc3)c3cccc4ccccc34)cc2)cc1.Cc1ccc(N(c2ccccc2)c2ccccc2)cc1.Cc1ccccc1. The molecule has 0 aliphatic rings. The van der Waals surface area contributed by atoms with Crippen LogP contribution in [0.25, 0.3) is 32.7 Å². The number of anilines is 6. The molecule has 12 aromatic rings. The van der Waals surface area contributed by atoms with E-state index >= 15 is 0 Å². The first-order valence-electron chi connectivity index (χ1n) is 28.4. The Labute approximate surface area is 476 Å². The molecule has 0 bridgehead atoms. The minimum absolute atomic E-state index is 0.542. The molecule has 0 saturated carbocycles. The predicted octanol–water partition coefficient (Wildman–Crippen LogP) is 22.3. The lowest BCUT2D eigenvalue weighted by Gasteiger charge is -2.27. The van der Waals surface area contributed by atoms with Crippen LogP contribution < -0.4 is 9.80 Å². The number of aryl methyl sites for hydroxylation is 5. The Morgan fingerprint density at radius 3 is 1.24 bits per heavy atom. The number of hydrogen-bond donors (Lipinski definition) is 0. The van der Waals surface area contributed by atoms with Crippen LogP contribution in [0.2, 0.25) is 0 Å². The molecule has 12 rings (SSSR count). The number of fused-ring (bicyclic) bond motifs is 2. The molecule has 2 heteroatoms. The molecule has 0 fully saturated rings. The summed E-state index contributed by atoms with van der Waals surface area (Å²) in [5.41, 5.74) is 17.6. The Balaban J connectivity index is 0.000000158. The van der Waals surface area contributed by atoms with E-state index < -0.39 is 0 Å². The van der Waals surface area contributed by atoms with E-state index in [1.165, 1.54) is 107 Å². The minimum atomic E-state index is 0.542. The van der Waals surface area contributed by atoms with Crippen LogP contribution in [0.1, 0.15) is 66.0 Å². The molecular formula is C78H74N2. The summed E-state index contributed by atoms with van der Waals surface area (Å²) < 4.78 is 0. The van der Waals surface area contributed by atoms with Gasteiger partial charge in [0.15, 0.2) is 0 Å². The van der Waals surface area contributed by atoms with Crippen molar-refractivity contribution in [3.63, 3.8) is 0 Å². The molecule has 0 radical (unpaired) electrons. The number of nitrogens with zero attached hydrogens (tertiary/aromatic N) is 2. The quantitative estimate of drug-likeness (QED) is 0.114. The lowest BCUT2D eigenvalue weighted by Crippen LogP contribution is -2.10. The Hall–Kier alpha value is -9.24. The van der Waals surface area contributed by atoms with Crippen molar-refractivity contribution in [1.82, 2.24) is 0 Å². The van der Waals surface area contributed by atoms with Crippen molar-refractivity contribution in [1.29, 1.82) is 0 Å². The van der Waals surface area contributed by atoms with Gasteiger partial charge in [-0.3, -0.25) is 0 Å². The summed E-state index contributed by atoms with van der Waals surface area (Å²) >= 11 is 0. The van der Waals surface area contributed by atoms with E-state index in [9.17, 15) is 0 Å². The molecule has 0 aliphatic heterocycles. The van der Waals surface area contributed by atoms with E-state index in [1.54, 1.807) is 0 Å². The Morgan fingerprint density at radius 1 is 0.312 bits per heavy atom. The first-order chi connectivity index (χ1) is 39.3. The van der Waals surface area contributed by atoms with Gasteiger partial charge in [-0.2, -0.15) is 0 Å². The average molecular weight is 1040 g/mol. The molecule has 0 amide bonds. The maximum atomic E-state index is 2.39. The fourth-order valence-corrected chi connectivity index (χ4v) is 10.1. The number of para-hydroxylation sites is 2. The fourth-order valence-electron chi connectivity index (χ4n) is 10.1. The highest BCUT2D eigenvalue weighted by atomic mass is 15.1. The molecule has 0 saturated heterocycles. The van der Waals surface area contributed by atoms with Crippen molar-refractivity contribution in [2.45, 2.75) is 66.2 Å². The third-order valence-corrected chi connectivity index (χ3v) is 14.6. The summed E-state index contributed by atoms with van der Waals surface area (Å²) in [4.78, 5) is 4.65. The first-order valence-corrected chi connectivity index (χ1v) is 28.4. The van der Waals surface area contributed by atoms with Crippen LogP contribution in [0.5, 0.6) is 0 Å². The van der Waals surface area contributed by atoms with E-state index in [0.29, 0.717) is 5.92 Å². The zero-order chi connectivity index (χ0) is 55.3. The largest absolute Gasteiger partial charge is 0.311 e. The van der Waals surface area contributed by atoms with Gasteiger partial charge in [-0.25, -0.2) is 0 Å². The van der Waals surface area contributed by atoms with Crippen LogP contribution in [-0.2, 0) is 12.8 Å². The maximum Gasteiger partial charge on any atom is 0.0540 e. The second kappa shape index (κ2) is 28.4. The third kappa shape index (κ3) is 15.1. The summed E-state index contributed by atoms with van der Waals surface area (Å²) in [5, 5.41) is 5.25. The van der Waals surface area contributed by atoms with Gasteiger partial charge >= 0.3 is 0 Å². The summed E-state index contributed by atoms with van der Waals surface area (Å²) in [6, 6.07) is 108. The molecule has 0 aliphatic carbocycles. The van der Waals surface area contributed by atoms with Crippen LogP contribution >= 0.6 is 0 Å². The van der Waals surface area contributed by atoms with Gasteiger partial charge in [-0.1, -0.05) is 274 Å². The molecule has 2 nitrogen and oxygen atoms in total. The summed E-state index contributed by atoms with van der Waals surface area (Å²) in [5.74, 6) is 0.542. The third-order valence-electron chi connectivity index (χ3n) is 14.6. The van der Waals surface area contributed by atoms with E-state index in [2.05, 4.69) is 317 Å². The first kappa shape index (κ1) is 55.5. The predicted molar refractivity (Wildman–Crippen MR) is 347 cm³/mol. The minimum Gasteiger partial charge on any atom is -0.311 e. The number of hydrogen-bond acceptors (Lipinski definition) is 2. The van der Waals surface area contributed by atoms with Crippen LogP contribution in [0, 0.1) is 20.8 Å². The van der Waals surface area contributed by atoms with Gasteiger partial charge in [0.1, 0.15) is 0 Å². The molecule has 12 aromatic carbocycles. The number of rotatable bonds is 13. The van der Waals surface area contributed by atoms with E-state index in [4.69, 9.17) is 0 Å². The highest BCUT2D eigenvalue weighted by molar-refractivity contribution is 5.99. The molecule has 1 atom stereocenters. The van der Waals surface area contributed by atoms with E-state index in [1.807, 2.05) is 30.3 Å². The molecular weight excluding hydrogens is 965 g/mol. The normalized spacial score (nSPS) is 11.0. The Bertz CT molecular complexity index is 3680. The standard InChI is InChI=1S/C39H35N.C19H17N.C13H14.C7H8/c1-29-15-21-33(22-16-29)34-23-27-37(28-24-34)40(39-14-8-12-35-11-6-7-13-38(35)39)36-25-19-31(20-26-36)18-17-30(2)32-9-4-3-5-10-32;1-16-12-14-19(15-13-16)20(17-8-4-2-5-9-17)18-10-6-3-7-11-18;1-2-6-11-8-5-9-12-7-3-4-10-13(11)12;1-7-5-3-2-4-6-7/h3-16,19-28,30H,17-18H2,1-2H3;2-15H,1H3;3-5,7-10H,2,6H2,1H3;2-6H,1H3. The van der Waals surface area contributed by atoms with Crippen molar-refractivity contribution < 1.29 is 0 Å². The van der Waals surface area contributed by atoms with E-state index in [0.717, 1.165) is 18.5 Å². The molecule has 0 spiro atoms. The molecule has 0 aromatic heterocycles. The van der Waals surface area contributed by atoms with Gasteiger partial charge in [-0.05, 0) is 157 Å². The second-order valence-electron chi connectivity index (χ2n) is 20.6.